The minimum Gasteiger partial charge on any atom is -0.761 e. The van der Waals surface area contributed by atoms with Crippen molar-refractivity contribution in [2.24, 2.45) is 0 Å². The second-order valence-electron chi connectivity index (χ2n) is 5.23. The molecular weight excluding hydrogens is 301 g/mol. The topological polar surface area (TPSA) is 64.6 Å². The number of rotatable bonds is 3. The largest absolute Gasteiger partial charge is 0.761 e. The van der Waals surface area contributed by atoms with Crippen LogP contribution in [-0.2, 0) is 4.79 Å². The van der Waals surface area contributed by atoms with Gasteiger partial charge in [0.25, 0.3) is 0 Å². The third kappa shape index (κ3) is 3.82. The van der Waals surface area contributed by atoms with Crippen LogP contribution in [0.25, 0.3) is 0 Å². The number of carbonyl (C=O) groups excluding carboxylic acids is 1. The number of likely N-dealkylation sites (tertiary alicyclic amines) is 1. The fraction of sp³-hybridized carbons (Fsp3) is 0.500. The van der Waals surface area contributed by atoms with Crippen molar-refractivity contribution in [3.63, 3.8) is 0 Å². The van der Waals surface area contributed by atoms with Gasteiger partial charge in [-0.3, -0.25) is 4.79 Å². The lowest BCUT2D eigenvalue weighted by molar-refractivity contribution is -0.187. The van der Waals surface area contributed by atoms with Crippen molar-refractivity contribution < 1.29 is 22.7 Å². The first-order valence-electron chi connectivity index (χ1n) is 6.83. The van der Waals surface area contributed by atoms with Gasteiger partial charge in [-0.25, -0.2) is 0 Å². The van der Waals surface area contributed by atoms with Crippen LogP contribution in [0.3, 0.4) is 0 Å². The van der Waals surface area contributed by atoms with Crippen LogP contribution in [0.4, 0.5) is 18.9 Å². The van der Waals surface area contributed by atoms with Gasteiger partial charge in [-0.1, -0.05) is 6.07 Å². The van der Waals surface area contributed by atoms with E-state index in [0.717, 1.165) is 10.5 Å². The molecular formula is C14H16F3N2O3-. The molecule has 1 aliphatic heterocycles. The van der Waals surface area contributed by atoms with Crippen molar-refractivity contribution in [3.05, 3.63) is 29.0 Å². The van der Waals surface area contributed by atoms with Crippen LogP contribution in [0.5, 0.6) is 5.75 Å². The van der Waals surface area contributed by atoms with Crippen molar-refractivity contribution in [1.29, 1.82) is 0 Å². The maximum Gasteiger partial charge on any atom is 0.471 e. The van der Waals surface area contributed by atoms with Gasteiger partial charge in [0, 0.05) is 6.54 Å². The summed E-state index contributed by atoms with van der Waals surface area (Å²) in [6.45, 7) is 1.71. The van der Waals surface area contributed by atoms with Crippen LogP contribution in [0.15, 0.2) is 18.2 Å². The molecule has 1 heterocycles. The number of halogens is 3. The van der Waals surface area contributed by atoms with Crippen molar-refractivity contribution in [1.82, 2.24) is 4.90 Å². The van der Waals surface area contributed by atoms with Gasteiger partial charge in [0.15, 0.2) is 0 Å². The third-order valence-corrected chi connectivity index (χ3v) is 3.45. The number of hydrogen-bond acceptors (Lipinski definition) is 4. The van der Waals surface area contributed by atoms with Gasteiger partial charge >= 0.3 is 12.1 Å². The van der Waals surface area contributed by atoms with E-state index < -0.39 is 18.2 Å². The molecule has 5 nitrogen and oxygen atoms in total. The molecule has 1 saturated heterocycles. The Bertz CT molecular complexity index is 549. The highest BCUT2D eigenvalue weighted by atomic mass is 19.4. The van der Waals surface area contributed by atoms with Crippen LogP contribution in [0.1, 0.15) is 18.4 Å². The molecule has 0 radical (unpaired) electrons. The second-order valence-corrected chi connectivity index (χ2v) is 5.23. The minimum absolute atomic E-state index is 0.0542. The van der Waals surface area contributed by atoms with Gasteiger partial charge in [-0.15, -0.1) is 0 Å². The van der Waals surface area contributed by atoms with Crippen LogP contribution in [0, 0.1) is 12.1 Å². The molecule has 1 aromatic carbocycles. The van der Waals surface area contributed by atoms with E-state index in [-0.39, 0.29) is 24.5 Å². The summed E-state index contributed by atoms with van der Waals surface area (Å²) < 4.78 is 43.1. The highest BCUT2D eigenvalue weighted by Crippen LogP contribution is 2.29. The average Bonchev–Trinajstić information content (AvgIpc) is 2.46. The molecule has 1 fully saturated rings. The summed E-state index contributed by atoms with van der Waals surface area (Å²) in [6.07, 6.45) is -4.52. The van der Waals surface area contributed by atoms with Gasteiger partial charge in [-0.05, 0) is 37.5 Å². The molecule has 1 amide bonds. The number of nitrogens with zero attached hydrogens (tertiary/aromatic N) is 1. The predicted molar refractivity (Wildman–Crippen MR) is 74.5 cm³/mol. The van der Waals surface area contributed by atoms with Crippen LogP contribution < -0.4 is 10.2 Å². The molecule has 8 heteroatoms. The monoisotopic (exact) mass is 317 g/mol. The summed E-state index contributed by atoms with van der Waals surface area (Å²) in [7, 11) is 0. The molecule has 1 aromatic rings. The Labute approximate surface area is 125 Å². The third-order valence-electron chi connectivity index (χ3n) is 3.45. The maximum atomic E-state index is 12.5. The van der Waals surface area contributed by atoms with E-state index in [1.807, 2.05) is 6.92 Å². The number of alkyl halides is 3. The zero-order chi connectivity index (χ0) is 16.3. The number of amides is 1. The quantitative estimate of drug-likeness (QED) is 0.871. The highest BCUT2D eigenvalue weighted by molar-refractivity contribution is 5.82. The Kier molecular flexibility index (Phi) is 4.80. The Morgan fingerprint density at radius 3 is 2.82 bits per heavy atom. The first-order valence-corrected chi connectivity index (χ1v) is 6.83. The number of anilines is 1. The van der Waals surface area contributed by atoms with Crippen molar-refractivity contribution in [3.8, 4) is 5.75 Å². The fourth-order valence-corrected chi connectivity index (χ4v) is 2.39. The summed E-state index contributed by atoms with van der Waals surface area (Å²) >= 11 is 0. The Hall–Kier alpha value is -1.96. The molecule has 2 rings (SSSR count). The van der Waals surface area contributed by atoms with Crippen molar-refractivity contribution >= 4 is 11.6 Å². The Morgan fingerprint density at radius 1 is 1.45 bits per heavy atom. The number of piperidine rings is 1. The van der Waals surface area contributed by atoms with Crippen LogP contribution in [0.2, 0.25) is 0 Å². The normalized spacial score (nSPS) is 19.0. The Morgan fingerprint density at radius 2 is 2.18 bits per heavy atom. The summed E-state index contributed by atoms with van der Waals surface area (Å²) in [5, 5.41) is 10.9. The van der Waals surface area contributed by atoms with Crippen LogP contribution in [-0.4, -0.2) is 36.2 Å². The molecule has 1 N–H and O–H groups in total. The predicted octanol–water partition coefficient (Wildman–Crippen LogP) is 2.84. The molecule has 0 saturated carbocycles. The molecule has 0 spiro atoms. The summed E-state index contributed by atoms with van der Waals surface area (Å²) in [5.74, 6) is -1.58. The van der Waals surface area contributed by atoms with E-state index in [1.54, 1.807) is 23.7 Å². The van der Waals surface area contributed by atoms with E-state index >= 15 is 0 Å². The number of ether oxygens (including phenoxy) is 1. The molecule has 0 unspecified atom stereocenters. The Balaban J connectivity index is 2.08. The molecule has 1 atom stereocenters. The maximum absolute atomic E-state index is 12.5. The van der Waals surface area contributed by atoms with E-state index in [9.17, 15) is 23.2 Å². The first-order chi connectivity index (χ1) is 10.3. The lowest BCUT2D eigenvalue weighted by Gasteiger charge is -2.33. The highest BCUT2D eigenvalue weighted by Gasteiger charge is 2.43. The summed E-state index contributed by atoms with van der Waals surface area (Å²) in [5.41, 5.74) is 2.80. The van der Waals surface area contributed by atoms with E-state index in [2.05, 4.69) is 0 Å². The number of benzene rings is 1. The lowest BCUT2D eigenvalue weighted by atomic mass is 10.1. The number of nitrogens with one attached hydrogen (secondary N) is 1. The van der Waals surface area contributed by atoms with Gasteiger partial charge in [-0.2, -0.15) is 13.2 Å². The van der Waals surface area contributed by atoms with Crippen LogP contribution >= 0.6 is 0 Å². The lowest BCUT2D eigenvalue weighted by Crippen LogP contribution is -2.49. The number of hydrogen-bond donors (Lipinski definition) is 1. The molecule has 0 aromatic heterocycles. The van der Waals surface area contributed by atoms with Gasteiger partial charge < -0.3 is 20.3 Å². The molecule has 122 valence electrons. The second kappa shape index (κ2) is 6.43. The number of aryl methyl sites for hydroxylation is 1. The SMILES string of the molecule is Cc1ccc(N[O-])c(O[C@H]2CCCN(C(=O)C(F)(F)F)C2)c1. The molecule has 0 bridgehead atoms. The van der Waals surface area contributed by atoms with Gasteiger partial charge in [0.2, 0.25) is 0 Å². The fourth-order valence-electron chi connectivity index (χ4n) is 2.39. The van der Waals surface area contributed by atoms with Gasteiger partial charge in [0.05, 0.1) is 12.2 Å². The van der Waals surface area contributed by atoms with E-state index in [0.29, 0.717) is 12.8 Å². The number of carbonyl (C=O) groups is 1. The zero-order valence-electron chi connectivity index (χ0n) is 11.9. The first kappa shape index (κ1) is 16.4. The average molecular weight is 317 g/mol. The molecule has 22 heavy (non-hydrogen) atoms. The van der Waals surface area contributed by atoms with Gasteiger partial charge in [0.1, 0.15) is 11.9 Å². The molecule has 1 aliphatic rings. The summed E-state index contributed by atoms with van der Waals surface area (Å²) in [4.78, 5) is 12.0. The minimum atomic E-state index is -4.88. The zero-order valence-corrected chi connectivity index (χ0v) is 11.9. The molecule has 0 aliphatic carbocycles. The van der Waals surface area contributed by atoms with E-state index in [4.69, 9.17) is 4.74 Å². The smallest absolute Gasteiger partial charge is 0.471 e. The summed E-state index contributed by atoms with van der Waals surface area (Å²) in [6, 6.07) is 4.89. The van der Waals surface area contributed by atoms with Crippen molar-refractivity contribution in [2.75, 3.05) is 18.6 Å². The standard InChI is InChI=1S/C14H16F3N2O3/c1-9-4-5-11(18-21)12(7-9)22-10-3-2-6-19(8-10)13(20)14(15,16)17/h4-5,7,10,18H,2-3,6,8H2,1H3/q-1/t10-/m0/s1. The van der Waals surface area contributed by atoms with Crippen molar-refractivity contribution in [2.45, 2.75) is 32.0 Å². The van der Waals surface area contributed by atoms with E-state index in [1.165, 1.54) is 0 Å².